The first-order valence-electron chi connectivity index (χ1n) is 6.25. The molecule has 0 heterocycles. The SMILES string of the molecule is CC[Si](CC)(CC)O[C@H](C)CCCC=O. The summed E-state index contributed by atoms with van der Waals surface area (Å²) in [5.41, 5.74) is 0. The molecule has 0 spiro atoms. The molecule has 15 heavy (non-hydrogen) atoms. The Kier molecular flexibility index (Phi) is 7.97. The number of carbonyl (C=O) groups is 1. The predicted molar refractivity (Wildman–Crippen MR) is 67.7 cm³/mol. The average molecular weight is 230 g/mol. The zero-order valence-corrected chi connectivity index (χ0v) is 11.7. The second kappa shape index (κ2) is 8.05. The van der Waals surface area contributed by atoms with Gasteiger partial charge >= 0.3 is 0 Å². The van der Waals surface area contributed by atoms with E-state index in [4.69, 9.17) is 4.43 Å². The molecular weight excluding hydrogens is 204 g/mol. The Balaban J connectivity index is 3.99. The van der Waals surface area contributed by atoms with E-state index in [9.17, 15) is 4.79 Å². The molecule has 0 aliphatic carbocycles. The molecule has 0 aromatic carbocycles. The van der Waals surface area contributed by atoms with Crippen LogP contribution in [0.1, 0.15) is 47.0 Å². The summed E-state index contributed by atoms with van der Waals surface area (Å²) in [5, 5.41) is 0. The minimum Gasteiger partial charge on any atom is -0.414 e. The molecule has 1 atom stereocenters. The van der Waals surface area contributed by atoms with Gasteiger partial charge in [0.15, 0.2) is 8.32 Å². The van der Waals surface area contributed by atoms with Crippen molar-refractivity contribution >= 4 is 14.6 Å². The third-order valence-corrected chi connectivity index (χ3v) is 8.09. The lowest BCUT2D eigenvalue weighted by Gasteiger charge is -2.31. The first-order valence-corrected chi connectivity index (χ1v) is 8.78. The molecule has 0 unspecified atom stereocenters. The number of aldehydes is 1. The molecule has 0 bridgehead atoms. The van der Waals surface area contributed by atoms with Crippen LogP contribution in [0.25, 0.3) is 0 Å². The van der Waals surface area contributed by atoms with Crippen LogP contribution in [0.5, 0.6) is 0 Å². The molecule has 90 valence electrons. The van der Waals surface area contributed by atoms with Crippen molar-refractivity contribution in [2.75, 3.05) is 0 Å². The summed E-state index contributed by atoms with van der Waals surface area (Å²) in [5.74, 6) is 0. The Morgan fingerprint density at radius 3 is 2.13 bits per heavy atom. The Morgan fingerprint density at radius 2 is 1.73 bits per heavy atom. The Hall–Kier alpha value is -0.153. The van der Waals surface area contributed by atoms with Crippen LogP contribution in [-0.4, -0.2) is 20.7 Å². The van der Waals surface area contributed by atoms with Crippen LogP contribution in [0.2, 0.25) is 18.1 Å². The van der Waals surface area contributed by atoms with Crippen LogP contribution in [0.15, 0.2) is 0 Å². The zero-order valence-electron chi connectivity index (χ0n) is 10.7. The number of carbonyl (C=O) groups excluding carboxylic acids is 1. The summed E-state index contributed by atoms with van der Waals surface area (Å²) >= 11 is 0. The van der Waals surface area contributed by atoms with Crippen LogP contribution < -0.4 is 0 Å². The highest BCUT2D eigenvalue weighted by molar-refractivity contribution is 6.73. The van der Waals surface area contributed by atoms with Gasteiger partial charge in [-0.2, -0.15) is 0 Å². The second-order valence-electron chi connectivity index (χ2n) is 4.27. The van der Waals surface area contributed by atoms with E-state index in [1.807, 2.05) is 0 Å². The van der Waals surface area contributed by atoms with E-state index in [0.29, 0.717) is 12.5 Å². The van der Waals surface area contributed by atoms with E-state index in [-0.39, 0.29) is 0 Å². The van der Waals surface area contributed by atoms with Gasteiger partial charge in [0.1, 0.15) is 6.29 Å². The molecule has 0 aromatic heterocycles. The summed E-state index contributed by atoms with van der Waals surface area (Å²) in [6, 6.07) is 3.62. The molecule has 0 aromatic rings. The number of hydrogen-bond donors (Lipinski definition) is 0. The minimum absolute atomic E-state index is 0.330. The minimum atomic E-state index is -1.43. The highest BCUT2D eigenvalue weighted by Crippen LogP contribution is 2.24. The fraction of sp³-hybridized carbons (Fsp3) is 0.917. The normalized spacial score (nSPS) is 13.9. The van der Waals surface area contributed by atoms with Crippen LogP contribution in [0, 0.1) is 0 Å². The maximum Gasteiger partial charge on any atom is 0.192 e. The van der Waals surface area contributed by atoms with Gasteiger partial charge in [0.25, 0.3) is 0 Å². The fourth-order valence-corrected chi connectivity index (χ4v) is 4.95. The maximum atomic E-state index is 10.2. The largest absolute Gasteiger partial charge is 0.414 e. The van der Waals surface area contributed by atoms with Gasteiger partial charge in [-0.3, -0.25) is 0 Å². The van der Waals surface area contributed by atoms with Gasteiger partial charge < -0.3 is 9.22 Å². The van der Waals surface area contributed by atoms with Crippen LogP contribution in [-0.2, 0) is 9.22 Å². The number of unbranched alkanes of at least 4 members (excludes halogenated alkanes) is 1. The molecule has 0 saturated carbocycles. The Bertz CT molecular complexity index is 159. The lowest BCUT2D eigenvalue weighted by atomic mass is 10.2. The van der Waals surface area contributed by atoms with Crippen molar-refractivity contribution in [3.8, 4) is 0 Å². The Labute approximate surface area is 95.5 Å². The second-order valence-corrected chi connectivity index (χ2v) is 8.99. The third-order valence-electron chi connectivity index (χ3n) is 3.32. The van der Waals surface area contributed by atoms with Crippen LogP contribution in [0.4, 0.5) is 0 Å². The van der Waals surface area contributed by atoms with Gasteiger partial charge in [0.2, 0.25) is 0 Å². The average Bonchev–Trinajstić information content (AvgIpc) is 2.26. The lowest BCUT2D eigenvalue weighted by Crippen LogP contribution is -2.39. The van der Waals surface area contributed by atoms with Gasteiger partial charge in [-0.15, -0.1) is 0 Å². The van der Waals surface area contributed by atoms with Gasteiger partial charge in [-0.25, -0.2) is 0 Å². The van der Waals surface area contributed by atoms with Crippen LogP contribution in [0.3, 0.4) is 0 Å². The van der Waals surface area contributed by atoms with Gasteiger partial charge in [-0.05, 0) is 37.9 Å². The molecule has 0 N–H and O–H groups in total. The summed E-state index contributed by atoms with van der Waals surface area (Å²) in [6.07, 6.45) is 3.99. The highest BCUT2D eigenvalue weighted by Gasteiger charge is 2.30. The molecule has 0 aliphatic heterocycles. The first kappa shape index (κ1) is 14.8. The molecule has 0 amide bonds. The van der Waals surface area contributed by atoms with E-state index in [0.717, 1.165) is 19.1 Å². The molecule has 0 saturated heterocycles. The molecule has 0 aliphatic rings. The topological polar surface area (TPSA) is 26.3 Å². The molecular formula is C12H26O2Si. The van der Waals surface area contributed by atoms with Gasteiger partial charge in [-0.1, -0.05) is 20.8 Å². The summed E-state index contributed by atoms with van der Waals surface area (Å²) in [6.45, 7) is 8.89. The smallest absolute Gasteiger partial charge is 0.192 e. The van der Waals surface area contributed by atoms with E-state index < -0.39 is 8.32 Å². The van der Waals surface area contributed by atoms with E-state index in [2.05, 4.69) is 27.7 Å². The van der Waals surface area contributed by atoms with Crippen molar-refractivity contribution < 1.29 is 9.22 Å². The third kappa shape index (κ3) is 5.47. The summed E-state index contributed by atoms with van der Waals surface area (Å²) in [7, 11) is -1.43. The van der Waals surface area contributed by atoms with Gasteiger partial charge in [0, 0.05) is 12.5 Å². The Morgan fingerprint density at radius 1 is 1.20 bits per heavy atom. The summed E-state index contributed by atoms with van der Waals surface area (Å²) < 4.78 is 6.26. The predicted octanol–water partition coefficient (Wildman–Crippen LogP) is 3.77. The monoisotopic (exact) mass is 230 g/mol. The van der Waals surface area contributed by atoms with E-state index in [1.54, 1.807) is 0 Å². The van der Waals surface area contributed by atoms with Gasteiger partial charge in [0.05, 0.1) is 0 Å². The van der Waals surface area contributed by atoms with E-state index >= 15 is 0 Å². The fourth-order valence-electron chi connectivity index (χ4n) is 1.97. The van der Waals surface area contributed by atoms with Crippen molar-refractivity contribution in [3.63, 3.8) is 0 Å². The highest BCUT2D eigenvalue weighted by atomic mass is 28.4. The van der Waals surface area contributed by atoms with Crippen molar-refractivity contribution in [2.45, 2.75) is 71.2 Å². The molecule has 0 radical (unpaired) electrons. The van der Waals surface area contributed by atoms with Crippen molar-refractivity contribution in [1.29, 1.82) is 0 Å². The number of rotatable bonds is 9. The molecule has 0 fully saturated rings. The molecule has 0 rings (SSSR count). The van der Waals surface area contributed by atoms with Crippen LogP contribution >= 0.6 is 0 Å². The quantitative estimate of drug-likeness (QED) is 0.342. The lowest BCUT2D eigenvalue weighted by molar-refractivity contribution is -0.108. The number of hydrogen-bond acceptors (Lipinski definition) is 2. The molecule has 2 nitrogen and oxygen atoms in total. The zero-order chi connectivity index (χ0) is 11.7. The van der Waals surface area contributed by atoms with Crippen molar-refractivity contribution in [2.24, 2.45) is 0 Å². The first-order chi connectivity index (χ1) is 7.14. The van der Waals surface area contributed by atoms with Crippen molar-refractivity contribution in [1.82, 2.24) is 0 Å². The maximum absolute atomic E-state index is 10.2. The van der Waals surface area contributed by atoms with E-state index in [1.165, 1.54) is 18.1 Å². The standard InChI is InChI=1S/C12H26O2Si/c1-5-15(6-2,7-3)14-12(4)10-8-9-11-13/h11-12H,5-10H2,1-4H3/t12-/m1/s1. The summed E-state index contributed by atoms with van der Waals surface area (Å²) in [4.78, 5) is 10.2. The molecule has 3 heteroatoms. The van der Waals surface area contributed by atoms with Crippen molar-refractivity contribution in [3.05, 3.63) is 0 Å².